The van der Waals surface area contributed by atoms with Crippen LogP contribution in [0.2, 0.25) is 0 Å². The van der Waals surface area contributed by atoms with E-state index >= 15 is 0 Å². The number of benzene rings is 1. The largest absolute Gasteiger partial charge is 0.481 e. The number of amides is 1. The summed E-state index contributed by atoms with van der Waals surface area (Å²) in [5.41, 5.74) is 1.29. The summed E-state index contributed by atoms with van der Waals surface area (Å²) in [6.07, 6.45) is 1.80. The predicted octanol–water partition coefficient (Wildman–Crippen LogP) is 2.54. The Labute approximate surface area is 129 Å². The van der Waals surface area contributed by atoms with Crippen molar-refractivity contribution < 1.29 is 14.7 Å². The lowest BCUT2D eigenvalue weighted by Crippen LogP contribution is -2.31. The minimum Gasteiger partial charge on any atom is -0.481 e. The lowest BCUT2D eigenvalue weighted by atomic mass is 10.0. The van der Waals surface area contributed by atoms with Crippen LogP contribution in [0, 0.1) is 11.8 Å². The molecule has 4 nitrogen and oxygen atoms in total. The Morgan fingerprint density at radius 1 is 1.19 bits per heavy atom. The fourth-order valence-electron chi connectivity index (χ4n) is 2.60. The Morgan fingerprint density at radius 3 is 2.57 bits per heavy atom. The average Bonchev–Trinajstić information content (AvgIpc) is 2.98. The minimum absolute atomic E-state index is 0.0130. The second-order valence-corrected chi connectivity index (χ2v) is 6.48. The van der Waals surface area contributed by atoms with Crippen molar-refractivity contribution in [3.05, 3.63) is 35.9 Å². The Hall–Kier alpha value is -1.49. The van der Waals surface area contributed by atoms with Gasteiger partial charge in [0.25, 0.3) is 0 Å². The SMILES string of the molecule is O=C(O)[C@@H]1CC[C@H](C(=O)NCCSCc2ccccc2)C1. The molecule has 0 unspecified atom stereocenters. The van der Waals surface area contributed by atoms with E-state index in [1.165, 1.54) is 5.56 Å². The van der Waals surface area contributed by atoms with E-state index in [0.717, 1.165) is 11.5 Å². The molecule has 0 bridgehead atoms. The summed E-state index contributed by atoms with van der Waals surface area (Å²) >= 11 is 1.79. The molecule has 1 aromatic carbocycles. The smallest absolute Gasteiger partial charge is 0.306 e. The summed E-state index contributed by atoms with van der Waals surface area (Å²) in [5.74, 6) is 0.595. The molecule has 114 valence electrons. The number of aliphatic carboxylic acids is 1. The van der Waals surface area contributed by atoms with Gasteiger partial charge in [0.2, 0.25) is 5.91 Å². The zero-order valence-electron chi connectivity index (χ0n) is 12.0. The van der Waals surface area contributed by atoms with Crippen LogP contribution in [0.3, 0.4) is 0 Å². The van der Waals surface area contributed by atoms with Crippen molar-refractivity contribution in [1.82, 2.24) is 5.32 Å². The molecule has 2 atom stereocenters. The first kappa shape index (κ1) is 15.9. The third kappa shape index (κ3) is 5.08. The lowest BCUT2D eigenvalue weighted by Gasteiger charge is -2.10. The topological polar surface area (TPSA) is 66.4 Å². The second kappa shape index (κ2) is 8.08. The van der Waals surface area contributed by atoms with Crippen LogP contribution in [0.1, 0.15) is 24.8 Å². The molecule has 5 heteroatoms. The third-order valence-electron chi connectivity index (χ3n) is 3.81. The van der Waals surface area contributed by atoms with Crippen molar-refractivity contribution in [2.45, 2.75) is 25.0 Å². The van der Waals surface area contributed by atoms with E-state index in [1.807, 2.05) is 18.2 Å². The summed E-state index contributed by atoms with van der Waals surface area (Å²) < 4.78 is 0. The molecule has 1 fully saturated rings. The Bertz CT molecular complexity index is 478. The van der Waals surface area contributed by atoms with Crippen molar-refractivity contribution in [2.75, 3.05) is 12.3 Å². The van der Waals surface area contributed by atoms with E-state index < -0.39 is 5.97 Å². The van der Waals surface area contributed by atoms with E-state index in [2.05, 4.69) is 17.4 Å². The monoisotopic (exact) mass is 307 g/mol. The van der Waals surface area contributed by atoms with Crippen LogP contribution >= 0.6 is 11.8 Å². The lowest BCUT2D eigenvalue weighted by molar-refractivity contribution is -0.141. The highest BCUT2D eigenvalue weighted by Crippen LogP contribution is 2.31. The number of carbonyl (C=O) groups is 2. The standard InChI is InChI=1S/C16H21NO3S/c18-15(13-6-7-14(10-13)16(19)20)17-8-9-21-11-12-4-2-1-3-5-12/h1-5,13-14H,6-11H2,(H,17,18)(H,19,20)/t13-,14+/m0/s1. The molecule has 0 saturated heterocycles. The number of nitrogens with one attached hydrogen (secondary N) is 1. The van der Waals surface area contributed by atoms with Gasteiger partial charge in [-0.1, -0.05) is 30.3 Å². The van der Waals surface area contributed by atoms with Gasteiger partial charge in [0.15, 0.2) is 0 Å². The highest BCUT2D eigenvalue weighted by Gasteiger charge is 2.33. The van der Waals surface area contributed by atoms with Gasteiger partial charge in [-0.05, 0) is 24.8 Å². The molecule has 0 radical (unpaired) electrons. The quantitative estimate of drug-likeness (QED) is 0.760. The van der Waals surface area contributed by atoms with E-state index in [4.69, 9.17) is 5.11 Å². The first-order valence-electron chi connectivity index (χ1n) is 7.29. The first-order chi connectivity index (χ1) is 10.2. The van der Waals surface area contributed by atoms with E-state index in [0.29, 0.717) is 25.8 Å². The van der Waals surface area contributed by atoms with Crippen LogP contribution in [-0.4, -0.2) is 29.3 Å². The maximum absolute atomic E-state index is 11.9. The number of carboxylic acids is 1. The highest BCUT2D eigenvalue weighted by atomic mass is 32.2. The first-order valence-corrected chi connectivity index (χ1v) is 8.44. The highest BCUT2D eigenvalue weighted by molar-refractivity contribution is 7.98. The van der Waals surface area contributed by atoms with E-state index in [1.54, 1.807) is 11.8 Å². The number of rotatable bonds is 7. The normalized spacial score (nSPS) is 21.1. The molecule has 1 aromatic rings. The van der Waals surface area contributed by atoms with E-state index in [9.17, 15) is 9.59 Å². The van der Waals surface area contributed by atoms with Crippen LogP contribution in [-0.2, 0) is 15.3 Å². The average molecular weight is 307 g/mol. The molecular formula is C16H21NO3S. The minimum atomic E-state index is -0.774. The summed E-state index contributed by atoms with van der Waals surface area (Å²) in [7, 11) is 0. The zero-order valence-corrected chi connectivity index (χ0v) is 12.8. The van der Waals surface area contributed by atoms with Gasteiger partial charge in [-0.25, -0.2) is 0 Å². The summed E-state index contributed by atoms with van der Waals surface area (Å²) in [6, 6.07) is 10.2. The van der Waals surface area contributed by atoms with Gasteiger partial charge in [0.05, 0.1) is 5.92 Å². The van der Waals surface area contributed by atoms with Crippen molar-refractivity contribution in [2.24, 2.45) is 11.8 Å². The van der Waals surface area contributed by atoms with Gasteiger partial charge in [-0.15, -0.1) is 0 Å². The van der Waals surface area contributed by atoms with Crippen molar-refractivity contribution in [3.8, 4) is 0 Å². The van der Waals surface area contributed by atoms with Gasteiger partial charge in [-0.3, -0.25) is 9.59 Å². The van der Waals surface area contributed by atoms with Gasteiger partial charge in [0.1, 0.15) is 0 Å². The van der Waals surface area contributed by atoms with Crippen LogP contribution < -0.4 is 5.32 Å². The summed E-state index contributed by atoms with van der Waals surface area (Å²) in [6.45, 7) is 0.643. The maximum Gasteiger partial charge on any atom is 0.306 e. The van der Waals surface area contributed by atoms with Crippen molar-refractivity contribution >= 4 is 23.6 Å². The Balaban J connectivity index is 1.59. The molecule has 1 aliphatic carbocycles. The van der Waals surface area contributed by atoms with Crippen LogP contribution in [0.25, 0.3) is 0 Å². The molecule has 2 N–H and O–H groups in total. The second-order valence-electron chi connectivity index (χ2n) is 5.37. The molecule has 1 aliphatic rings. The summed E-state index contributed by atoms with van der Waals surface area (Å²) in [5, 5.41) is 11.8. The van der Waals surface area contributed by atoms with E-state index in [-0.39, 0.29) is 17.7 Å². The molecule has 0 spiro atoms. The van der Waals surface area contributed by atoms with Crippen molar-refractivity contribution in [1.29, 1.82) is 0 Å². The Kier molecular flexibility index (Phi) is 6.11. The van der Waals surface area contributed by atoms with Crippen LogP contribution in [0.5, 0.6) is 0 Å². The van der Waals surface area contributed by atoms with Gasteiger partial charge >= 0.3 is 5.97 Å². The molecule has 21 heavy (non-hydrogen) atoms. The Morgan fingerprint density at radius 2 is 1.90 bits per heavy atom. The van der Waals surface area contributed by atoms with Crippen LogP contribution in [0.15, 0.2) is 30.3 Å². The number of carboxylic acid groups (broad SMARTS) is 1. The fraction of sp³-hybridized carbons (Fsp3) is 0.500. The molecule has 0 aromatic heterocycles. The third-order valence-corrected chi connectivity index (χ3v) is 4.84. The molecule has 2 rings (SSSR count). The van der Waals surface area contributed by atoms with Gasteiger partial charge < -0.3 is 10.4 Å². The van der Waals surface area contributed by atoms with Gasteiger partial charge in [-0.2, -0.15) is 11.8 Å². The zero-order chi connectivity index (χ0) is 15.1. The van der Waals surface area contributed by atoms with Crippen LogP contribution in [0.4, 0.5) is 0 Å². The number of carbonyl (C=O) groups excluding carboxylic acids is 1. The molecule has 0 heterocycles. The fourth-order valence-corrected chi connectivity index (χ4v) is 3.42. The number of thioether (sulfide) groups is 1. The molecule has 1 saturated carbocycles. The molecule has 1 amide bonds. The predicted molar refractivity (Wildman–Crippen MR) is 84.1 cm³/mol. The maximum atomic E-state index is 11.9. The molecular weight excluding hydrogens is 286 g/mol. The van der Waals surface area contributed by atoms with Crippen molar-refractivity contribution in [3.63, 3.8) is 0 Å². The number of hydrogen-bond donors (Lipinski definition) is 2. The van der Waals surface area contributed by atoms with Gasteiger partial charge in [0, 0.05) is 24.0 Å². The summed E-state index contributed by atoms with van der Waals surface area (Å²) in [4.78, 5) is 22.8. The number of hydrogen-bond acceptors (Lipinski definition) is 3. The molecule has 0 aliphatic heterocycles.